The largest absolute Gasteiger partial charge is 0.369 e. The number of hydrazone groups is 1. The molecule has 0 radical (unpaired) electrons. The lowest BCUT2D eigenvalue weighted by atomic mass is 10.1. The predicted octanol–water partition coefficient (Wildman–Crippen LogP) is 1.01. The average molecular weight is 219 g/mol. The first-order valence-electron chi connectivity index (χ1n) is 5.03. The van der Waals surface area contributed by atoms with Crippen LogP contribution in [0.5, 0.6) is 0 Å². The second-order valence-corrected chi connectivity index (χ2v) is 4.06. The fourth-order valence-electron chi connectivity index (χ4n) is 1.74. The second-order valence-electron chi connectivity index (χ2n) is 4.06. The molecule has 0 saturated carbocycles. The van der Waals surface area contributed by atoms with Crippen LogP contribution in [0.15, 0.2) is 29.5 Å². The Bertz CT molecular complexity index is 440. The van der Waals surface area contributed by atoms with Crippen LogP contribution in [0.2, 0.25) is 0 Å². The van der Waals surface area contributed by atoms with Gasteiger partial charge in [0, 0.05) is 18.3 Å². The number of carbonyl (C=O) groups excluding carboxylic acids is 1. The van der Waals surface area contributed by atoms with E-state index in [2.05, 4.69) is 10.1 Å². The third-order valence-corrected chi connectivity index (χ3v) is 2.39. The number of nitrogens with zero attached hydrogens (tertiary/aromatic N) is 3. The second kappa shape index (κ2) is 3.68. The molecule has 1 amide bonds. The molecule has 84 valence electrons. The smallest absolute Gasteiger partial charge is 0.295 e. The van der Waals surface area contributed by atoms with E-state index < -0.39 is 5.72 Å². The van der Waals surface area contributed by atoms with Crippen LogP contribution in [0.25, 0.3) is 0 Å². The highest BCUT2D eigenvalue weighted by atomic mass is 16.3. The highest BCUT2D eigenvalue weighted by Gasteiger charge is 2.39. The topological polar surface area (TPSA) is 65.8 Å². The van der Waals surface area contributed by atoms with Crippen LogP contribution < -0.4 is 0 Å². The quantitative estimate of drug-likeness (QED) is 0.766. The van der Waals surface area contributed by atoms with Gasteiger partial charge in [0.1, 0.15) is 5.69 Å². The summed E-state index contributed by atoms with van der Waals surface area (Å²) in [5, 5.41) is 15.1. The van der Waals surface area contributed by atoms with Crippen molar-refractivity contribution in [2.45, 2.75) is 26.0 Å². The molecule has 1 aliphatic rings. The molecule has 5 heteroatoms. The lowest BCUT2D eigenvalue weighted by Gasteiger charge is -2.26. The van der Waals surface area contributed by atoms with Gasteiger partial charge in [0.05, 0.1) is 0 Å². The number of rotatable bonds is 1. The number of hydrogen-bond acceptors (Lipinski definition) is 4. The summed E-state index contributed by atoms with van der Waals surface area (Å²) in [6, 6.07) is 5.05. The lowest BCUT2D eigenvalue weighted by molar-refractivity contribution is -0.0556. The van der Waals surface area contributed by atoms with E-state index in [0.717, 1.165) is 10.7 Å². The first kappa shape index (κ1) is 10.8. The number of amides is 1. The molecule has 1 N–H and O–H groups in total. The Hall–Kier alpha value is -1.75. The fraction of sp³-hybridized carbons (Fsp3) is 0.364. The van der Waals surface area contributed by atoms with Gasteiger partial charge in [-0.3, -0.25) is 9.78 Å². The first-order valence-corrected chi connectivity index (χ1v) is 5.03. The molecule has 1 aromatic rings. The van der Waals surface area contributed by atoms with E-state index in [-0.39, 0.29) is 11.6 Å². The van der Waals surface area contributed by atoms with Crippen molar-refractivity contribution in [1.29, 1.82) is 0 Å². The standard InChI is InChI=1S/C11H13N3O2/c1-8-7-11(2,16)14(13-8)10(15)9-5-3-4-6-12-9/h3-6,16H,7H2,1-2H3. The van der Waals surface area contributed by atoms with E-state index >= 15 is 0 Å². The van der Waals surface area contributed by atoms with Crippen molar-refractivity contribution in [3.63, 3.8) is 0 Å². The van der Waals surface area contributed by atoms with Gasteiger partial charge in [-0.25, -0.2) is 0 Å². The number of aliphatic hydroxyl groups is 1. The molecule has 0 spiro atoms. The van der Waals surface area contributed by atoms with Gasteiger partial charge in [0.2, 0.25) is 0 Å². The minimum absolute atomic E-state index is 0.279. The van der Waals surface area contributed by atoms with Gasteiger partial charge < -0.3 is 5.11 Å². The van der Waals surface area contributed by atoms with Gasteiger partial charge in [-0.2, -0.15) is 10.1 Å². The molecular formula is C11H13N3O2. The number of hydrogen-bond donors (Lipinski definition) is 1. The maximum atomic E-state index is 12.0. The van der Waals surface area contributed by atoms with Gasteiger partial charge in [0.15, 0.2) is 5.72 Å². The average Bonchev–Trinajstić information content (AvgIpc) is 2.52. The summed E-state index contributed by atoms with van der Waals surface area (Å²) < 4.78 is 0. The zero-order valence-corrected chi connectivity index (χ0v) is 9.21. The van der Waals surface area contributed by atoms with Crippen molar-refractivity contribution in [3.8, 4) is 0 Å². The van der Waals surface area contributed by atoms with Crippen molar-refractivity contribution in [3.05, 3.63) is 30.1 Å². The molecule has 1 aliphatic heterocycles. The van der Waals surface area contributed by atoms with Crippen molar-refractivity contribution in [2.75, 3.05) is 0 Å². The van der Waals surface area contributed by atoms with Crippen LogP contribution in [-0.4, -0.2) is 32.4 Å². The van der Waals surface area contributed by atoms with E-state index in [9.17, 15) is 9.90 Å². The van der Waals surface area contributed by atoms with Crippen molar-refractivity contribution in [2.24, 2.45) is 5.10 Å². The van der Waals surface area contributed by atoms with Crippen molar-refractivity contribution < 1.29 is 9.90 Å². The summed E-state index contributed by atoms with van der Waals surface area (Å²) >= 11 is 0. The molecule has 2 rings (SSSR count). The zero-order chi connectivity index (χ0) is 11.8. The van der Waals surface area contributed by atoms with Crippen LogP contribution >= 0.6 is 0 Å². The van der Waals surface area contributed by atoms with Gasteiger partial charge in [0.25, 0.3) is 5.91 Å². The molecule has 1 unspecified atom stereocenters. The monoisotopic (exact) mass is 219 g/mol. The summed E-state index contributed by atoms with van der Waals surface area (Å²) in [4.78, 5) is 15.9. The molecule has 1 atom stereocenters. The summed E-state index contributed by atoms with van der Waals surface area (Å²) in [5.41, 5.74) is -0.242. The molecule has 0 bridgehead atoms. The van der Waals surface area contributed by atoms with E-state index in [1.807, 2.05) is 0 Å². The molecule has 0 saturated heterocycles. The summed E-state index contributed by atoms with van der Waals surface area (Å²) in [5.74, 6) is -0.387. The third kappa shape index (κ3) is 1.81. The Kier molecular flexibility index (Phi) is 2.47. The maximum absolute atomic E-state index is 12.0. The Morgan fingerprint density at radius 1 is 1.56 bits per heavy atom. The van der Waals surface area contributed by atoms with Crippen LogP contribution in [0, 0.1) is 0 Å². The summed E-state index contributed by atoms with van der Waals surface area (Å²) in [6.45, 7) is 3.34. The van der Waals surface area contributed by atoms with Crippen LogP contribution in [0.3, 0.4) is 0 Å². The third-order valence-electron chi connectivity index (χ3n) is 2.39. The SMILES string of the molecule is CC1=NN(C(=O)c2ccccn2)C(C)(O)C1. The zero-order valence-electron chi connectivity index (χ0n) is 9.21. The highest BCUT2D eigenvalue weighted by Crippen LogP contribution is 2.25. The Morgan fingerprint density at radius 3 is 2.81 bits per heavy atom. The van der Waals surface area contributed by atoms with Gasteiger partial charge in [-0.1, -0.05) is 6.07 Å². The summed E-state index contributed by atoms with van der Waals surface area (Å²) in [7, 11) is 0. The van der Waals surface area contributed by atoms with E-state index in [1.165, 1.54) is 6.20 Å². The number of aromatic nitrogens is 1. The molecule has 16 heavy (non-hydrogen) atoms. The van der Waals surface area contributed by atoms with Crippen molar-refractivity contribution >= 4 is 11.6 Å². The van der Waals surface area contributed by atoms with Gasteiger partial charge in [-0.15, -0.1) is 0 Å². The number of carbonyl (C=O) groups is 1. The van der Waals surface area contributed by atoms with Crippen LogP contribution in [0.1, 0.15) is 30.8 Å². The molecular weight excluding hydrogens is 206 g/mol. The maximum Gasteiger partial charge on any atom is 0.295 e. The highest BCUT2D eigenvalue weighted by molar-refractivity contribution is 5.96. The predicted molar refractivity (Wildman–Crippen MR) is 58.8 cm³/mol. The van der Waals surface area contributed by atoms with Crippen LogP contribution in [-0.2, 0) is 0 Å². The lowest BCUT2D eigenvalue weighted by Crippen LogP contribution is -2.43. The molecule has 5 nitrogen and oxygen atoms in total. The molecule has 0 aromatic carbocycles. The number of pyridine rings is 1. The van der Waals surface area contributed by atoms with E-state index in [0.29, 0.717) is 6.42 Å². The van der Waals surface area contributed by atoms with Gasteiger partial charge >= 0.3 is 0 Å². The van der Waals surface area contributed by atoms with Crippen molar-refractivity contribution in [1.82, 2.24) is 9.99 Å². The minimum Gasteiger partial charge on any atom is -0.369 e. The first-order chi connectivity index (χ1) is 7.50. The Balaban J connectivity index is 2.30. The fourth-order valence-corrected chi connectivity index (χ4v) is 1.74. The Labute approximate surface area is 93.4 Å². The van der Waals surface area contributed by atoms with Gasteiger partial charge in [-0.05, 0) is 26.0 Å². The molecule has 2 heterocycles. The minimum atomic E-state index is -1.25. The summed E-state index contributed by atoms with van der Waals surface area (Å²) in [6.07, 6.45) is 1.90. The molecule has 1 aromatic heterocycles. The Morgan fingerprint density at radius 2 is 2.31 bits per heavy atom. The van der Waals surface area contributed by atoms with E-state index in [4.69, 9.17) is 0 Å². The molecule has 0 fully saturated rings. The normalized spacial score (nSPS) is 24.4. The van der Waals surface area contributed by atoms with E-state index in [1.54, 1.807) is 32.0 Å². The molecule has 0 aliphatic carbocycles. The van der Waals surface area contributed by atoms with Crippen LogP contribution in [0.4, 0.5) is 0 Å².